The lowest BCUT2D eigenvalue weighted by molar-refractivity contribution is -0.575. The second-order valence-corrected chi connectivity index (χ2v) is 19.5. The number of nitrogens with zero attached hydrogens (tertiary/aromatic N) is 2. The molecule has 0 fully saturated rings. The van der Waals surface area contributed by atoms with E-state index in [1.807, 2.05) is 0 Å². The van der Waals surface area contributed by atoms with Gasteiger partial charge < -0.3 is 0 Å². The van der Waals surface area contributed by atoms with Gasteiger partial charge in [-0.3, -0.25) is 0 Å². The maximum atomic E-state index is 3.28. The molecular weight excluding hydrogens is 888 g/mol. The molecule has 0 bridgehead atoms. The van der Waals surface area contributed by atoms with Gasteiger partial charge in [0.05, 0.1) is 0 Å². The predicted octanol–water partition coefficient (Wildman–Crippen LogP) is 15.6. The van der Waals surface area contributed by atoms with Crippen molar-refractivity contribution in [3.8, 4) is 11.4 Å². The lowest BCUT2D eigenvalue weighted by Gasteiger charge is -2.28. The molecule has 1 heterocycles. The lowest BCUT2D eigenvalue weighted by Crippen LogP contribution is -2.45. The summed E-state index contributed by atoms with van der Waals surface area (Å²) >= 11 is 0. The Morgan fingerprint density at radius 1 is 0.319 bits per heavy atom. The largest absolute Gasteiger partial charge is 0.280 e. The highest BCUT2D eigenvalue weighted by molar-refractivity contribution is 7.26. The molecule has 3 heteroatoms. The fourth-order valence-electron chi connectivity index (χ4n) is 11.3. The van der Waals surface area contributed by atoms with Crippen LogP contribution in [0, 0.1) is 13.8 Å². The third-order valence-electron chi connectivity index (χ3n) is 14.3. The van der Waals surface area contributed by atoms with E-state index >= 15 is 0 Å². The number of hydrogen-bond donors (Lipinski definition) is 0. The molecule has 0 aliphatic heterocycles. The van der Waals surface area contributed by atoms with Crippen molar-refractivity contribution in [1.82, 2.24) is 4.57 Å². The van der Waals surface area contributed by atoms with E-state index < -0.39 is 0 Å². The summed E-state index contributed by atoms with van der Waals surface area (Å²) in [7, 11) is 3.28. The van der Waals surface area contributed by atoms with Gasteiger partial charge in [0.2, 0.25) is 0 Å². The quantitative estimate of drug-likeness (QED) is 0.0583. The molecule has 348 valence electrons. The highest BCUT2D eigenvalue weighted by Gasteiger charge is 2.36. The van der Waals surface area contributed by atoms with E-state index in [4.69, 9.17) is 0 Å². The Kier molecular flexibility index (Phi) is 13.5. The van der Waals surface area contributed by atoms with E-state index in [-0.39, 0.29) is 23.7 Å². The second kappa shape index (κ2) is 21.1. The third-order valence-corrected chi connectivity index (χ3v) is 14.8. The maximum Gasteiger partial charge on any atom is 0.280 e. The Hall–Kier alpha value is -8.16. The molecule has 0 spiro atoms. The zero-order valence-electron chi connectivity index (χ0n) is 40.8. The Morgan fingerprint density at radius 2 is 0.542 bits per heavy atom. The molecule has 1 unspecified atom stereocenters. The number of hydrogen-bond acceptors (Lipinski definition) is 0. The summed E-state index contributed by atoms with van der Waals surface area (Å²) in [5.41, 5.74) is 20.7. The van der Waals surface area contributed by atoms with Crippen LogP contribution in [-0.4, -0.2) is 4.57 Å². The molecule has 2 nitrogen and oxygen atoms in total. The van der Waals surface area contributed by atoms with Crippen LogP contribution >= 0.6 is 9.24 Å². The molecule has 0 aliphatic rings. The molecule has 11 rings (SSSR count). The van der Waals surface area contributed by atoms with Crippen LogP contribution in [0.25, 0.3) is 11.4 Å². The fraction of sp³-hybridized carbons (Fsp3) is 0.0870. The Labute approximate surface area is 427 Å². The molecule has 1 atom stereocenters. The molecule has 72 heavy (non-hydrogen) atoms. The molecule has 0 N–H and O–H groups in total. The summed E-state index contributed by atoms with van der Waals surface area (Å²) in [6, 6.07) is 98.2. The van der Waals surface area contributed by atoms with Crippen LogP contribution < -0.4 is 10.1 Å². The Balaban J connectivity index is 1.26. The van der Waals surface area contributed by atoms with Gasteiger partial charge in [0.1, 0.15) is 23.8 Å². The first-order chi connectivity index (χ1) is 35.5. The van der Waals surface area contributed by atoms with Gasteiger partial charge in [-0.25, -0.2) is 0 Å². The van der Waals surface area contributed by atoms with Gasteiger partial charge in [0.15, 0.2) is 0 Å². The number of rotatable bonds is 14. The topological polar surface area (TPSA) is 8.81 Å². The second-order valence-electron chi connectivity index (χ2n) is 19.0. The number of imidazole rings is 1. The van der Waals surface area contributed by atoms with Gasteiger partial charge in [-0.15, -0.1) is 0 Å². The molecule has 1 aromatic heterocycles. The van der Waals surface area contributed by atoms with Gasteiger partial charge >= 0.3 is 0 Å². The van der Waals surface area contributed by atoms with Crippen LogP contribution in [0.2, 0.25) is 0 Å². The van der Waals surface area contributed by atoms with Crippen molar-refractivity contribution in [2.75, 3.05) is 0 Å². The summed E-state index contributed by atoms with van der Waals surface area (Å²) in [5.74, 6) is -0.277. The van der Waals surface area contributed by atoms with Gasteiger partial charge in [0.25, 0.3) is 5.57 Å². The van der Waals surface area contributed by atoms with Crippen LogP contribution in [0.5, 0.6) is 0 Å². The van der Waals surface area contributed by atoms with Crippen LogP contribution in [0.3, 0.4) is 0 Å². The highest BCUT2D eigenvalue weighted by Crippen LogP contribution is 2.45. The smallest absolute Gasteiger partial charge is 0.196 e. The highest BCUT2D eigenvalue weighted by atomic mass is 31.0. The van der Waals surface area contributed by atoms with E-state index in [1.54, 1.807) is 0 Å². The molecule has 0 saturated heterocycles. The van der Waals surface area contributed by atoms with Crippen molar-refractivity contribution in [2.24, 2.45) is 0 Å². The number of aryl methyl sites for hydroxylation is 2. The van der Waals surface area contributed by atoms with Crippen LogP contribution in [-0.2, 0) is 0 Å². The monoisotopic (exact) mass is 945 g/mol. The van der Waals surface area contributed by atoms with Crippen molar-refractivity contribution in [3.05, 3.63) is 357 Å². The van der Waals surface area contributed by atoms with Gasteiger partial charge in [0, 0.05) is 45.9 Å². The van der Waals surface area contributed by atoms with E-state index in [0.717, 1.165) is 5.57 Å². The minimum absolute atomic E-state index is 0.0694. The van der Waals surface area contributed by atoms with Crippen molar-refractivity contribution in [2.45, 2.75) is 37.5 Å². The summed E-state index contributed by atoms with van der Waals surface area (Å²) in [6.45, 7) is 4.53. The first kappa shape index (κ1) is 46.2. The lowest BCUT2D eigenvalue weighted by atomic mass is 9.78. The van der Waals surface area contributed by atoms with E-state index in [2.05, 4.69) is 312 Å². The molecular formula is C69H58N2P+. The fourth-order valence-corrected chi connectivity index (χ4v) is 11.7. The molecule has 0 saturated carbocycles. The van der Waals surface area contributed by atoms with Crippen LogP contribution in [0.15, 0.2) is 279 Å². The van der Waals surface area contributed by atoms with Crippen LogP contribution in [0.1, 0.15) is 102 Å². The summed E-state index contributed by atoms with van der Waals surface area (Å²) in [5, 5.41) is 0. The minimum atomic E-state index is -0.0694. The average Bonchev–Trinajstić information content (AvgIpc) is 3.80. The third kappa shape index (κ3) is 9.31. The van der Waals surface area contributed by atoms with Crippen LogP contribution in [0.4, 0.5) is 0 Å². The van der Waals surface area contributed by atoms with Crippen molar-refractivity contribution >= 4 is 14.8 Å². The molecule has 10 aromatic carbocycles. The maximum absolute atomic E-state index is 3.28. The molecule has 0 amide bonds. The summed E-state index contributed by atoms with van der Waals surface area (Å²) < 4.78 is 4.94. The number of aromatic nitrogens is 2. The Bertz CT molecular complexity index is 2920. The predicted molar refractivity (Wildman–Crippen MR) is 301 cm³/mol. The van der Waals surface area contributed by atoms with Crippen molar-refractivity contribution in [3.63, 3.8) is 0 Å². The zero-order chi connectivity index (χ0) is 48.8. The molecule has 0 radical (unpaired) electrons. The average molecular weight is 946 g/mol. The summed E-state index contributed by atoms with van der Waals surface area (Å²) in [4.78, 5) is 0. The Morgan fingerprint density at radius 3 is 0.792 bits per heavy atom. The van der Waals surface area contributed by atoms with E-state index in [1.165, 1.54) is 89.3 Å². The van der Waals surface area contributed by atoms with Crippen molar-refractivity contribution < 1.29 is 4.57 Å². The number of benzene rings is 10. The summed E-state index contributed by atoms with van der Waals surface area (Å²) in [6.07, 6.45) is 4.63. The SMILES string of the molecule is Cc1cc(C(c2ccccc2)c2ccccc2)c(-n2cc[n+](-c3c(C(c4ccccc4)c4ccccc4)cc(C)cc3C(c3ccccc3)c3ccccc3)c2P)c(C(c2ccccc2)c2ccccc2)c1. The molecule has 11 aromatic rings. The first-order valence-electron chi connectivity index (χ1n) is 25.1. The standard InChI is InChI=1S/C69H58N2P/c1-49-45-59(63(51-27-11-3-12-28-51)52-29-13-4-14-30-52)67(60(46-49)64(53-31-15-5-16-32-53)54-33-17-6-18-34-54)70-43-44-71(69(70)72)68-61(65(55-35-19-7-20-36-55)56-37-21-8-22-38-56)47-50(2)48-62(68)66(57-39-23-9-24-40-57)58-41-25-10-26-42-58/h3-48,63-66H,72H2,1-2H3/q+1. The first-order valence-corrected chi connectivity index (χ1v) is 25.7. The minimum Gasteiger partial charge on any atom is -0.196 e. The van der Waals surface area contributed by atoms with Gasteiger partial charge in [-0.2, -0.15) is 9.13 Å². The molecule has 0 aliphatic carbocycles. The zero-order valence-corrected chi connectivity index (χ0v) is 42.0. The van der Waals surface area contributed by atoms with E-state index in [9.17, 15) is 0 Å². The van der Waals surface area contributed by atoms with Crippen molar-refractivity contribution in [1.29, 1.82) is 0 Å². The van der Waals surface area contributed by atoms with Gasteiger partial charge in [-0.05, 0) is 67.6 Å². The normalized spacial score (nSPS) is 11.5. The van der Waals surface area contributed by atoms with Gasteiger partial charge in [-0.1, -0.05) is 278 Å². The van der Waals surface area contributed by atoms with E-state index in [0.29, 0.717) is 0 Å².